The molecule has 0 radical (unpaired) electrons. The van der Waals surface area contributed by atoms with E-state index in [1.165, 1.54) is 0 Å². The molecule has 2 aliphatic carbocycles. The van der Waals surface area contributed by atoms with Crippen LogP contribution >= 0.6 is 12.4 Å². The second kappa shape index (κ2) is 3.42. The first-order chi connectivity index (χ1) is 6.06. The van der Waals surface area contributed by atoms with Crippen LogP contribution in [0.15, 0.2) is 0 Å². The largest absolute Gasteiger partial charge is 0.481 e. The summed E-state index contributed by atoms with van der Waals surface area (Å²) < 4.78 is 0. The molecular formula is C9H13ClO4. The molecule has 5 heteroatoms. The molecule has 0 heterocycles. The van der Waals surface area contributed by atoms with Crippen LogP contribution in [0.2, 0.25) is 0 Å². The fourth-order valence-corrected chi connectivity index (χ4v) is 2.94. The maximum Gasteiger partial charge on any atom is 0.310 e. The van der Waals surface area contributed by atoms with Gasteiger partial charge in [0.15, 0.2) is 0 Å². The Bertz CT molecular complexity index is 278. The average molecular weight is 221 g/mol. The average Bonchev–Trinajstić information content (AvgIpc) is 2.60. The number of hydrogen-bond donors (Lipinski definition) is 2. The van der Waals surface area contributed by atoms with Gasteiger partial charge < -0.3 is 10.2 Å². The van der Waals surface area contributed by atoms with E-state index in [-0.39, 0.29) is 12.4 Å². The summed E-state index contributed by atoms with van der Waals surface area (Å²) in [5.74, 6) is -2.18. The zero-order chi connectivity index (χ0) is 9.64. The Labute approximate surface area is 87.7 Å². The third-order valence-corrected chi connectivity index (χ3v) is 3.61. The van der Waals surface area contributed by atoms with Crippen molar-refractivity contribution in [2.75, 3.05) is 0 Å². The minimum atomic E-state index is -0.940. The number of carboxylic acids is 2. The molecule has 2 bridgehead atoms. The van der Waals surface area contributed by atoms with E-state index >= 15 is 0 Å². The molecule has 2 N–H and O–H groups in total. The minimum Gasteiger partial charge on any atom is -0.481 e. The molecule has 3 atom stereocenters. The summed E-state index contributed by atoms with van der Waals surface area (Å²) >= 11 is 0. The first kappa shape index (κ1) is 11.3. The summed E-state index contributed by atoms with van der Waals surface area (Å²) in [7, 11) is 0. The van der Waals surface area contributed by atoms with E-state index in [9.17, 15) is 9.59 Å². The number of fused-ring (bicyclic) bond motifs is 2. The lowest BCUT2D eigenvalue weighted by molar-refractivity contribution is -0.160. The third-order valence-electron chi connectivity index (χ3n) is 3.61. The van der Waals surface area contributed by atoms with Gasteiger partial charge in [-0.2, -0.15) is 0 Å². The number of carbonyl (C=O) groups is 2. The first-order valence-electron chi connectivity index (χ1n) is 4.52. The monoisotopic (exact) mass is 220 g/mol. The lowest BCUT2D eigenvalue weighted by atomic mass is 9.75. The smallest absolute Gasteiger partial charge is 0.310 e. The highest BCUT2D eigenvalue weighted by molar-refractivity contribution is 5.85. The summed E-state index contributed by atoms with van der Waals surface area (Å²) in [4.78, 5) is 21.9. The van der Waals surface area contributed by atoms with Crippen molar-refractivity contribution in [1.29, 1.82) is 0 Å². The van der Waals surface area contributed by atoms with Gasteiger partial charge in [-0.05, 0) is 31.6 Å². The highest BCUT2D eigenvalue weighted by Gasteiger charge is 2.59. The van der Waals surface area contributed by atoms with Crippen molar-refractivity contribution in [1.82, 2.24) is 0 Å². The molecule has 2 fully saturated rings. The highest BCUT2D eigenvalue weighted by atomic mass is 35.5. The summed E-state index contributed by atoms with van der Waals surface area (Å²) in [6, 6.07) is 0. The fourth-order valence-electron chi connectivity index (χ4n) is 2.94. The third kappa shape index (κ3) is 1.29. The molecule has 0 aromatic heterocycles. The zero-order valence-corrected chi connectivity index (χ0v) is 8.42. The molecule has 0 saturated heterocycles. The zero-order valence-electron chi connectivity index (χ0n) is 7.60. The Morgan fingerprint density at radius 2 is 1.93 bits per heavy atom. The maximum absolute atomic E-state index is 11.0. The van der Waals surface area contributed by atoms with Crippen LogP contribution in [-0.2, 0) is 9.59 Å². The van der Waals surface area contributed by atoms with Gasteiger partial charge in [-0.15, -0.1) is 12.4 Å². The molecule has 0 aromatic carbocycles. The van der Waals surface area contributed by atoms with Crippen molar-refractivity contribution >= 4 is 24.3 Å². The van der Waals surface area contributed by atoms with Crippen molar-refractivity contribution < 1.29 is 19.8 Å². The van der Waals surface area contributed by atoms with Gasteiger partial charge >= 0.3 is 11.9 Å². The SMILES string of the molecule is Cl.O=C(O)C1CC2CCC1(C(=O)O)C2. The standard InChI is InChI=1S/C9H12O4.ClH/c10-7(11)6-3-5-1-2-9(6,4-5)8(12)13;/h5-6H,1-4H2,(H,10,11)(H,12,13);1H. The molecule has 2 rings (SSSR count). The van der Waals surface area contributed by atoms with E-state index in [4.69, 9.17) is 10.2 Å². The topological polar surface area (TPSA) is 74.6 Å². The van der Waals surface area contributed by atoms with Gasteiger partial charge in [0.05, 0.1) is 11.3 Å². The molecule has 0 spiro atoms. The quantitative estimate of drug-likeness (QED) is 0.738. The van der Waals surface area contributed by atoms with E-state index in [1.54, 1.807) is 0 Å². The number of rotatable bonds is 2. The molecule has 3 unspecified atom stereocenters. The van der Waals surface area contributed by atoms with E-state index in [0.29, 0.717) is 25.2 Å². The molecule has 0 aliphatic heterocycles. The van der Waals surface area contributed by atoms with Gasteiger partial charge in [-0.25, -0.2) is 0 Å². The van der Waals surface area contributed by atoms with Crippen molar-refractivity contribution in [3.8, 4) is 0 Å². The molecule has 4 nitrogen and oxygen atoms in total. The van der Waals surface area contributed by atoms with Crippen LogP contribution in [0.4, 0.5) is 0 Å². The number of aliphatic carboxylic acids is 2. The summed E-state index contributed by atoms with van der Waals surface area (Å²) in [5.41, 5.74) is -0.934. The number of halogens is 1. The Kier molecular flexibility index (Phi) is 2.76. The Morgan fingerprint density at radius 3 is 2.29 bits per heavy atom. The molecular weight excluding hydrogens is 208 g/mol. The van der Waals surface area contributed by atoms with Gasteiger partial charge in [-0.1, -0.05) is 0 Å². The Hall–Kier alpha value is -0.770. The Morgan fingerprint density at radius 1 is 1.29 bits per heavy atom. The van der Waals surface area contributed by atoms with Crippen LogP contribution in [0.3, 0.4) is 0 Å². The molecule has 0 amide bonds. The predicted molar refractivity (Wildman–Crippen MR) is 50.4 cm³/mol. The van der Waals surface area contributed by atoms with Crippen LogP contribution in [0, 0.1) is 17.3 Å². The van der Waals surface area contributed by atoms with Crippen LogP contribution in [0.5, 0.6) is 0 Å². The lowest BCUT2D eigenvalue weighted by Crippen LogP contribution is -2.38. The van der Waals surface area contributed by atoms with Crippen molar-refractivity contribution in [2.24, 2.45) is 17.3 Å². The van der Waals surface area contributed by atoms with E-state index < -0.39 is 23.3 Å². The maximum atomic E-state index is 11.0. The summed E-state index contributed by atoms with van der Waals surface area (Å²) in [5, 5.41) is 17.9. The fraction of sp³-hybridized carbons (Fsp3) is 0.778. The number of carboxylic acid groups (broad SMARTS) is 2. The van der Waals surface area contributed by atoms with Crippen LogP contribution in [0.25, 0.3) is 0 Å². The van der Waals surface area contributed by atoms with Gasteiger partial charge in [0.1, 0.15) is 0 Å². The number of hydrogen-bond acceptors (Lipinski definition) is 2. The minimum absolute atomic E-state index is 0. The Balaban J connectivity index is 0.000000980. The molecule has 80 valence electrons. The first-order valence-corrected chi connectivity index (χ1v) is 4.52. The molecule has 2 saturated carbocycles. The normalized spacial score (nSPS) is 39.1. The second-order valence-corrected chi connectivity index (χ2v) is 4.20. The predicted octanol–water partition coefficient (Wildman–Crippen LogP) is 1.38. The van der Waals surface area contributed by atoms with E-state index in [2.05, 4.69) is 0 Å². The highest BCUT2D eigenvalue weighted by Crippen LogP contribution is 2.57. The van der Waals surface area contributed by atoms with Gasteiger partial charge in [0.2, 0.25) is 0 Å². The van der Waals surface area contributed by atoms with Crippen LogP contribution in [-0.4, -0.2) is 22.2 Å². The van der Waals surface area contributed by atoms with Crippen molar-refractivity contribution in [3.05, 3.63) is 0 Å². The molecule has 0 aromatic rings. The van der Waals surface area contributed by atoms with E-state index in [1.807, 2.05) is 0 Å². The van der Waals surface area contributed by atoms with Crippen molar-refractivity contribution in [2.45, 2.75) is 25.7 Å². The van der Waals surface area contributed by atoms with Crippen LogP contribution < -0.4 is 0 Å². The molecule has 2 aliphatic rings. The van der Waals surface area contributed by atoms with Gasteiger partial charge in [0.25, 0.3) is 0 Å². The second-order valence-electron chi connectivity index (χ2n) is 4.20. The van der Waals surface area contributed by atoms with Crippen molar-refractivity contribution in [3.63, 3.8) is 0 Å². The summed E-state index contributed by atoms with van der Waals surface area (Å²) in [6.07, 6.45) is 2.56. The van der Waals surface area contributed by atoms with E-state index in [0.717, 1.165) is 6.42 Å². The van der Waals surface area contributed by atoms with Gasteiger partial charge in [0, 0.05) is 0 Å². The lowest BCUT2D eigenvalue weighted by Gasteiger charge is -2.27. The van der Waals surface area contributed by atoms with Gasteiger partial charge in [-0.3, -0.25) is 9.59 Å². The summed E-state index contributed by atoms with van der Waals surface area (Å²) in [6.45, 7) is 0. The van der Waals surface area contributed by atoms with Crippen LogP contribution in [0.1, 0.15) is 25.7 Å². The molecule has 14 heavy (non-hydrogen) atoms.